The average molecular weight is 534 g/mol. The first-order chi connectivity index (χ1) is 14.3. The molecule has 1 aromatic rings. The maximum Gasteiger partial charge on any atom is 0.191 e. The Balaban J connectivity index is 0.00000450. The number of likely N-dealkylation sites (N-methyl/N-ethyl adjacent to an activating group) is 1. The Morgan fingerprint density at radius 2 is 1.93 bits per heavy atom. The SMILES string of the molecule is CCNC(=NCc1ccnc(N2CCN(CC)CC2)c1)NCCCOCCOC.I. The fourth-order valence-corrected chi connectivity index (χ4v) is 3.16. The van der Waals surface area contributed by atoms with Crippen molar-refractivity contribution in [3.63, 3.8) is 0 Å². The van der Waals surface area contributed by atoms with Gasteiger partial charge in [0.15, 0.2) is 5.96 Å². The summed E-state index contributed by atoms with van der Waals surface area (Å²) < 4.78 is 10.5. The fourth-order valence-electron chi connectivity index (χ4n) is 3.16. The molecule has 172 valence electrons. The van der Waals surface area contributed by atoms with E-state index >= 15 is 0 Å². The smallest absolute Gasteiger partial charge is 0.191 e. The number of piperazine rings is 1. The summed E-state index contributed by atoms with van der Waals surface area (Å²) in [5.74, 6) is 1.89. The number of aliphatic imine (C=N–C) groups is 1. The standard InChI is InChI=1S/C21H38N6O2.HI/c1-4-22-21(24-8-6-14-29-16-15-28-3)25-18-19-7-9-23-20(17-19)27-12-10-26(5-2)11-13-27;/h7,9,17H,4-6,8,10-16,18H2,1-3H3,(H2,22,24,25);1H. The largest absolute Gasteiger partial charge is 0.382 e. The zero-order valence-electron chi connectivity index (χ0n) is 18.7. The highest BCUT2D eigenvalue weighted by Crippen LogP contribution is 2.15. The van der Waals surface area contributed by atoms with Crippen LogP contribution in [-0.2, 0) is 16.0 Å². The molecule has 0 saturated carbocycles. The molecule has 0 aromatic carbocycles. The van der Waals surface area contributed by atoms with Crippen LogP contribution in [0.25, 0.3) is 0 Å². The summed E-state index contributed by atoms with van der Waals surface area (Å²) in [4.78, 5) is 14.1. The minimum absolute atomic E-state index is 0. The van der Waals surface area contributed by atoms with Crippen LogP contribution in [0.15, 0.2) is 23.3 Å². The van der Waals surface area contributed by atoms with E-state index in [4.69, 9.17) is 14.5 Å². The average Bonchev–Trinajstić information content (AvgIpc) is 2.77. The third kappa shape index (κ3) is 10.2. The van der Waals surface area contributed by atoms with Crippen LogP contribution in [0.2, 0.25) is 0 Å². The van der Waals surface area contributed by atoms with Gasteiger partial charge in [-0.15, -0.1) is 24.0 Å². The van der Waals surface area contributed by atoms with Crippen LogP contribution >= 0.6 is 24.0 Å². The summed E-state index contributed by atoms with van der Waals surface area (Å²) in [6.45, 7) is 14.0. The first kappa shape index (κ1) is 26.9. The monoisotopic (exact) mass is 534 g/mol. The van der Waals surface area contributed by atoms with E-state index < -0.39 is 0 Å². The molecule has 0 radical (unpaired) electrons. The highest BCUT2D eigenvalue weighted by molar-refractivity contribution is 14.0. The van der Waals surface area contributed by atoms with Crippen LogP contribution < -0.4 is 15.5 Å². The number of halogens is 1. The first-order valence-corrected chi connectivity index (χ1v) is 10.8. The van der Waals surface area contributed by atoms with E-state index in [0.717, 1.165) is 70.6 Å². The van der Waals surface area contributed by atoms with E-state index in [1.807, 2.05) is 12.3 Å². The maximum atomic E-state index is 5.49. The number of methoxy groups -OCH3 is 1. The Kier molecular flexibility index (Phi) is 14.8. The molecule has 0 aliphatic carbocycles. The van der Waals surface area contributed by atoms with Gasteiger partial charge in [0.2, 0.25) is 0 Å². The van der Waals surface area contributed by atoms with Gasteiger partial charge in [-0.25, -0.2) is 9.98 Å². The minimum atomic E-state index is 0. The predicted molar refractivity (Wildman–Crippen MR) is 134 cm³/mol. The van der Waals surface area contributed by atoms with Crippen molar-refractivity contribution < 1.29 is 9.47 Å². The van der Waals surface area contributed by atoms with Gasteiger partial charge in [-0.3, -0.25) is 0 Å². The van der Waals surface area contributed by atoms with Gasteiger partial charge in [0, 0.05) is 59.2 Å². The molecule has 1 aliphatic heterocycles. The molecule has 30 heavy (non-hydrogen) atoms. The number of hydrogen-bond donors (Lipinski definition) is 2. The lowest BCUT2D eigenvalue weighted by atomic mass is 10.2. The lowest BCUT2D eigenvalue weighted by Crippen LogP contribution is -2.46. The number of aromatic nitrogens is 1. The molecule has 8 nitrogen and oxygen atoms in total. The second-order valence-corrected chi connectivity index (χ2v) is 7.02. The summed E-state index contributed by atoms with van der Waals surface area (Å²) in [6, 6.07) is 4.21. The van der Waals surface area contributed by atoms with Gasteiger partial charge in [-0.2, -0.15) is 0 Å². The molecule has 9 heteroatoms. The number of nitrogens with one attached hydrogen (secondary N) is 2. The molecule has 0 spiro atoms. The molecule has 1 fully saturated rings. The molecule has 1 aromatic heterocycles. The van der Waals surface area contributed by atoms with Gasteiger partial charge in [0.05, 0.1) is 19.8 Å². The maximum absolute atomic E-state index is 5.49. The summed E-state index contributed by atoms with van der Waals surface area (Å²) in [5.41, 5.74) is 1.17. The highest BCUT2D eigenvalue weighted by atomic mass is 127. The van der Waals surface area contributed by atoms with Crippen molar-refractivity contribution in [1.82, 2.24) is 20.5 Å². The molecule has 2 N–H and O–H groups in total. The zero-order chi connectivity index (χ0) is 20.7. The van der Waals surface area contributed by atoms with E-state index in [-0.39, 0.29) is 24.0 Å². The molecule has 0 bridgehead atoms. The lowest BCUT2D eigenvalue weighted by Gasteiger charge is -2.34. The number of ether oxygens (including phenoxy) is 2. The Hall–Kier alpha value is -1.17. The molecule has 1 saturated heterocycles. The van der Waals surface area contributed by atoms with Crippen LogP contribution in [0.3, 0.4) is 0 Å². The first-order valence-electron chi connectivity index (χ1n) is 10.8. The minimum Gasteiger partial charge on any atom is -0.382 e. The number of hydrogen-bond acceptors (Lipinski definition) is 6. The number of guanidine groups is 1. The summed E-state index contributed by atoms with van der Waals surface area (Å²) in [5, 5.41) is 6.67. The molecule has 2 heterocycles. The van der Waals surface area contributed by atoms with Crippen molar-refractivity contribution in [2.75, 3.05) is 77.6 Å². The molecular weight excluding hydrogens is 495 g/mol. The second kappa shape index (κ2) is 16.5. The number of nitrogens with zero attached hydrogens (tertiary/aromatic N) is 4. The Morgan fingerprint density at radius 3 is 2.63 bits per heavy atom. The van der Waals surface area contributed by atoms with Crippen LogP contribution in [-0.4, -0.2) is 88.6 Å². The van der Waals surface area contributed by atoms with Crippen LogP contribution in [0.4, 0.5) is 5.82 Å². The van der Waals surface area contributed by atoms with E-state index in [1.54, 1.807) is 7.11 Å². The van der Waals surface area contributed by atoms with Crippen LogP contribution in [0.5, 0.6) is 0 Å². The second-order valence-electron chi connectivity index (χ2n) is 7.02. The molecular formula is C21H39IN6O2. The molecule has 0 unspecified atom stereocenters. The Bertz CT molecular complexity index is 597. The zero-order valence-corrected chi connectivity index (χ0v) is 21.1. The fraction of sp³-hybridized carbons (Fsp3) is 0.714. The molecule has 2 rings (SSSR count). The van der Waals surface area contributed by atoms with E-state index in [9.17, 15) is 0 Å². The molecule has 0 amide bonds. The van der Waals surface area contributed by atoms with Crippen LogP contribution in [0, 0.1) is 0 Å². The van der Waals surface area contributed by atoms with Crippen molar-refractivity contribution in [1.29, 1.82) is 0 Å². The van der Waals surface area contributed by atoms with Gasteiger partial charge in [-0.05, 0) is 37.6 Å². The van der Waals surface area contributed by atoms with Gasteiger partial charge in [0.25, 0.3) is 0 Å². The quantitative estimate of drug-likeness (QED) is 0.184. The summed E-state index contributed by atoms with van der Waals surface area (Å²) in [6.07, 6.45) is 2.82. The summed E-state index contributed by atoms with van der Waals surface area (Å²) in [7, 11) is 1.68. The third-order valence-corrected chi connectivity index (χ3v) is 4.91. The third-order valence-electron chi connectivity index (χ3n) is 4.91. The highest BCUT2D eigenvalue weighted by Gasteiger charge is 2.16. The summed E-state index contributed by atoms with van der Waals surface area (Å²) >= 11 is 0. The van der Waals surface area contributed by atoms with Gasteiger partial charge in [0.1, 0.15) is 5.82 Å². The van der Waals surface area contributed by atoms with Gasteiger partial charge in [-0.1, -0.05) is 6.92 Å². The van der Waals surface area contributed by atoms with E-state index in [2.05, 4.69) is 45.3 Å². The van der Waals surface area contributed by atoms with Crippen molar-refractivity contribution >= 4 is 35.8 Å². The van der Waals surface area contributed by atoms with Crippen LogP contribution in [0.1, 0.15) is 25.8 Å². The normalized spacial score (nSPS) is 15.0. The number of pyridine rings is 1. The Morgan fingerprint density at radius 1 is 1.13 bits per heavy atom. The Labute approximate surface area is 198 Å². The number of rotatable bonds is 12. The van der Waals surface area contributed by atoms with Crippen molar-refractivity contribution in [3.8, 4) is 0 Å². The predicted octanol–water partition coefficient (Wildman–Crippen LogP) is 1.95. The van der Waals surface area contributed by atoms with Crippen molar-refractivity contribution in [2.24, 2.45) is 4.99 Å². The topological polar surface area (TPSA) is 74.3 Å². The van der Waals surface area contributed by atoms with E-state index in [1.165, 1.54) is 5.56 Å². The molecule has 0 atom stereocenters. The molecule has 1 aliphatic rings. The van der Waals surface area contributed by atoms with Crippen molar-refractivity contribution in [2.45, 2.75) is 26.8 Å². The van der Waals surface area contributed by atoms with Crippen molar-refractivity contribution in [3.05, 3.63) is 23.9 Å². The van der Waals surface area contributed by atoms with E-state index in [0.29, 0.717) is 19.8 Å². The number of anilines is 1. The van der Waals surface area contributed by atoms with Gasteiger partial charge >= 0.3 is 0 Å². The lowest BCUT2D eigenvalue weighted by molar-refractivity contribution is 0.0698. The van der Waals surface area contributed by atoms with Gasteiger partial charge < -0.3 is 29.9 Å².